The largest absolute Gasteiger partial charge is 0.309 e. The molecule has 0 unspecified atom stereocenters. The van der Waals surface area contributed by atoms with Gasteiger partial charge in [-0.05, 0) is 18.7 Å². The molecular weight excluding hydrogens is 222 g/mol. The van der Waals surface area contributed by atoms with E-state index < -0.39 is 0 Å². The summed E-state index contributed by atoms with van der Waals surface area (Å²) in [5, 5.41) is 3.39. The van der Waals surface area contributed by atoms with Gasteiger partial charge in [0.05, 0.1) is 11.4 Å². The van der Waals surface area contributed by atoms with Crippen LogP contribution in [0.5, 0.6) is 0 Å². The molecular formula is C15H25N3. The molecule has 1 aromatic rings. The number of hydrogen-bond donors (Lipinski definition) is 1. The highest BCUT2D eigenvalue weighted by molar-refractivity contribution is 5.11. The van der Waals surface area contributed by atoms with Crippen LogP contribution in [0.3, 0.4) is 0 Å². The summed E-state index contributed by atoms with van der Waals surface area (Å²) in [7, 11) is 0. The van der Waals surface area contributed by atoms with Gasteiger partial charge in [-0.3, -0.25) is 9.88 Å². The third kappa shape index (κ3) is 5.43. The van der Waals surface area contributed by atoms with E-state index in [9.17, 15) is 0 Å². The number of nitrogens with zero attached hydrogens (tertiary/aromatic N) is 2. The second-order valence-corrected chi connectivity index (χ2v) is 4.77. The molecule has 0 aliphatic rings. The fourth-order valence-corrected chi connectivity index (χ4v) is 1.74. The van der Waals surface area contributed by atoms with Crippen LogP contribution in [0.15, 0.2) is 30.9 Å². The van der Waals surface area contributed by atoms with Gasteiger partial charge in [0.15, 0.2) is 0 Å². The molecule has 0 saturated heterocycles. The van der Waals surface area contributed by atoms with Crippen LogP contribution in [0.2, 0.25) is 0 Å². The molecule has 0 radical (unpaired) electrons. The summed E-state index contributed by atoms with van der Waals surface area (Å²) in [6, 6.07) is 6.73. The lowest BCUT2D eigenvalue weighted by molar-refractivity contribution is 0.307. The zero-order valence-corrected chi connectivity index (χ0v) is 11.8. The number of likely N-dealkylation sites (N-methyl/N-ethyl adjacent to an activating group) is 1. The zero-order valence-electron chi connectivity index (χ0n) is 11.8. The molecule has 3 nitrogen and oxygen atoms in total. The van der Waals surface area contributed by atoms with Crippen LogP contribution in [0.1, 0.15) is 32.2 Å². The van der Waals surface area contributed by atoms with Gasteiger partial charge in [-0.15, -0.1) is 6.58 Å². The second-order valence-electron chi connectivity index (χ2n) is 4.77. The summed E-state index contributed by atoms with van der Waals surface area (Å²) in [6.45, 7) is 13.9. The Morgan fingerprint density at radius 1 is 1.39 bits per heavy atom. The normalized spacial score (nSPS) is 11.2. The van der Waals surface area contributed by atoms with Gasteiger partial charge < -0.3 is 5.32 Å². The van der Waals surface area contributed by atoms with Crippen molar-refractivity contribution in [1.29, 1.82) is 0 Å². The van der Waals surface area contributed by atoms with E-state index in [1.54, 1.807) is 0 Å². The van der Waals surface area contributed by atoms with Crippen LogP contribution in [-0.2, 0) is 13.1 Å². The minimum absolute atomic E-state index is 0.489. The topological polar surface area (TPSA) is 28.2 Å². The number of aromatic nitrogens is 1. The van der Waals surface area contributed by atoms with Crippen LogP contribution in [0.4, 0.5) is 0 Å². The first-order valence-corrected chi connectivity index (χ1v) is 6.67. The summed E-state index contributed by atoms with van der Waals surface area (Å²) >= 11 is 0. The molecule has 0 aromatic carbocycles. The standard InChI is InChI=1S/C15H25N3/c1-5-10-18(6-2)12-15-9-7-8-14(17-15)11-16-13(3)4/h5,7-9,13,16H,1,6,10-12H2,2-4H3. The molecule has 0 aliphatic heterocycles. The molecule has 18 heavy (non-hydrogen) atoms. The van der Waals surface area contributed by atoms with Gasteiger partial charge in [0.2, 0.25) is 0 Å². The summed E-state index contributed by atoms with van der Waals surface area (Å²) < 4.78 is 0. The molecule has 0 saturated carbocycles. The van der Waals surface area contributed by atoms with E-state index in [0.717, 1.165) is 37.6 Å². The van der Waals surface area contributed by atoms with E-state index in [1.165, 1.54) is 0 Å². The highest BCUT2D eigenvalue weighted by Crippen LogP contribution is 2.04. The predicted molar refractivity (Wildman–Crippen MR) is 77.4 cm³/mol. The Balaban J connectivity index is 2.60. The Hall–Kier alpha value is -1.19. The van der Waals surface area contributed by atoms with Gasteiger partial charge in [-0.2, -0.15) is 0 Å². The SMILES string of the molecule is C=CCN(CC)Cc1cccc(CNC(C)C)n1. The van der Waals surface area contributed by atoms with Gasteiger partial charge in [0, 0.05) is 25.7 Å². The van der Waals surface area contributed by atoms with Gasteiger partial charge >= 0.3 is 0 Å². The van der Waals surface area contributed by atoms with Crippen molar-refractivity contribution in [2.45, 2.75) is 39.9 Å². The molecule has 0 spiro atoms. The molecule has 100 valence electrons. The molecule has 0 atom stereocenters. The van der Waals surface area contributed by atoms with Crippen LogP contribution < -0.4 is 5.32 Å². The highest BCUT2D eigenvalue weighted by atomic mass is 15.1. The van der Waals surface area contributed by atoms with E-state index in [0.29, 0.717) is 6.04 Å². The summed E-state index contributed by atoms with van der Waals surface area (Å²) in [6.07, 6.45) is 1.94. The lowest BCUT2D eigenvalue weighted by Gasteiger charge is -2.18. The quantitative estimate of drug-likeness (QED) is 0.716. The average molecular weight is 247 g/mol. The number of pyridine rings is 1. The molecule has 0 aliphatic carbocycles. The lowest BCUT2D eigenvalue weighted by Crippen LogP contribution is -2.25. The summed E-state index contributed by atoms with van der Waals surface area (Å²) in [5.74, 6) is 0. The smallest absolute Gasteiger partial charge is 0.0547 e. The third-order valence-corrected chi connectivity index (χ3v) is 2.78. The average Bonchev–Trinajstić information content (AvgIpc) is 2.36. The fraction of sp³-hybridized carbons (Fsp3) is 0.533. The molecule has 1 N–H and O–H groups in total. The summed E-state index contributed by atoms with van der Waals surface area (Å²) in [4.78, 5) is 6.99. The Kier molecular flexibility index (Phi) is 6.61. The maximum atomic E-state index is 4.68. The number of hydrogen-bond acceptors (Lipinski definition) is 3. The first-order chi connectivity index (χ1) is 8.65. The van der Waals surface area contributed by atoms with Crippen molar-refractivity contribution < 1.29 is 0 Å². The van der Waals surface area contributed by atoms with Crippen LogP contribution in [-0.4, -0.2) is 29.0 Å². The second kappa shape index (κ2) is 8.01. The van der Waals surface area contributed by atoms with Gasteiger partial charge in [0.25, 0.3) is 0 Å². The monoisotopic (exact) mass is 247 g/mol. The van der Waals surface area contributed by atoms with Gasteiger partial charge in [-0.25, -0.2) is 0 Å². The van der Waals surface area contributed by atoms with Crippen molar-refractivity contribution in [3.8, 4) is 0 Å². The lowest BCUT2D eigenvalue weighted by atomic mass is 10.2. The summed E-state index contributed by atoms with van der Waals surface area (Å²) in [5.41, 5.74) is 2.23. The van der Waals surface area contributed by atoms with Crippen molar-refractivity contribution >= 4 is 0 Å². The van der Waals surface area contributed by atoms with E-state index >= 15 is 0 Å². The number of rotatable bonds is 8. The zero-order chi connectivity index (χ0) is 13.4. The van der Waals surface area contributed by atoms with E-state index in [1.807, 2.05) is 6.08 Å². The Bertz CT molecular complexity index is 361. The minimum Gasteiger partial charge on any atom is -0.309 e. The molecule has 1 heterocycles. The fourth-order valence-electron chi connectivity index (χ4n) is 1.74. The third-order valence-electron chi connectivity index (χ3n) is 2.78. The molecule has 0 bridgehead atoms. The van der Waals surface area contributed by atoms with Crippen molar-refractivity contribution in [3.63, 3.8) is 0 Å². The van der Waals surface area contributed by atoms with Crippen molar-refractivity contribution in [2.24, 2.45) is 0 Å². The van der Waals surface area contributed by atoms with Gasteiger partial charge in [-0.1, -0.05) is 32.9 Å². The van der Waals surface area contributed by atoms with Gasteiger partial charge in [0.1, 0.15) is 0 Å². The molecule has 0 fully saturated rings. The first-order valence-electron chi connectivity index (χ1n) is 6.67. The van der Waals surface area contributed by atoms with Crippen LogP contribution in [0, 0.1) is 0 Å². The van der Waals surface area contributed by atoms with Crippen LogP contribution in [0.25, 0.3) is 0 Å². The molecule has 1 aromatic heterocycles. The first kappa shape index (κ1) is 14.9. The molecule has 1 rings (SSSR count). The van der Waals surface area contributed by atoms with Crippen molar-refractivity contribution in [2.75, 3.05) is 13.1 Å². The van der Waals surface area contributed by atoms with Crippen molar-refractivity contribution in [1.82, 2.24) is 15.2 Å². The van der Waals surface area contributed by atoms with Crippen LogP contribution >= 0.6 is 0 Å². The minimum atomic E-state index is 0.489. The maximum absolute atomic E-state index is 4.68. The maximum Gasteiger partial charge on any atom is 0.0547 e. The molecule has 0 amide bonds. The molecule has 3 heteroatoms. The van der Waals surface area contributed by atoms with E-state index in [2.05, 4.69) is 60.7 Å². The van der Waals surface area contributed by atoms with Crippen molar-refractivity contribution in [3.05, 3.63) is 42.2 Å². The number of nitrogens with one attached hydrogen (secondary N) is 1. The Morgan fingerprint density at radius 2 is 2.11 bits per heavy atom. The van der Waals surface area contributed by atoms with E-state index in [4.69, 9.17) is 0 Å². The highest BCUT2D eigenvalue weighted by Gasteiger charge is 2.04. The Morgan fingerprint density at radius 3 is 2.72 bits per heavy atom. The van der Waals surface area contributed by atoms with E-state index in [-0.39, 0.29) is 0 Å². The predicted octanol–water partition coefficient (Wildman–Crippen LogP) is 2.59. The Labute approximate surface area is 111 Å².